The van der Waals surface area contributed by atoms with Crippen LogP contribution < -0.4 is 10.1 Å². The van der Waals surface area contributed by atoms with Crippen LogP contribution in [0.15, 0.2) is 48.7 Å². The van der Waals surface area contributed by atoms with Gasteiger partial charge in [0.2, 0.25) is 5.91 Å². The maximum atomic E-state index is 12.9. The molecule has 1 N–H and O–H groups in total. The lowest BCUT2D eigenvalue weighted by atomic mass is 9.99. The number of benzene rings is 2. The van der Waals surface area contributed by atoms with Crippen LogP contribution in [0.4, 0.5) is 0 Å². The first-order valence-electron chi connectivity index (χ1n) is 13.4. The van der Waals surface area contributed by atoms with Crippen molar-refractivity contribution in [1.29, 1.82) is 0 Å². The van der Waals surface area contributed by atoms with Gasteiger partial charge in [-0.1, -0.05) is 18.7 Å². The van der Waals surface area contributed by atoms with Gasteiger partial charge < -0.3 is 19.7 Å². The Bertz CT molecular complexity index is 1250. The molecule has 1 unspecified atom stereocenters. The molecule has 3 aliphatic heterocycles. The van der Waals surface area contributed by atoms with Gasteiger partial charge in [0, 0.05) is 49.4 Å². The van der Waals surface area contributed by atoms with Crippen molar-refractivity contribution in [2.45, 2.75) is 45.2 Å². The fourth-order valence-electron chi connectivity index (χ4n) is 5.36. The molecule has 2 saturated heterocycles. The Morgan fingerprint density at radius 2 is 1.97 bits per heavy atom. The highest BCUT2D eigenvalue weighted by Crippen LogP contribution is 2.29. The zero-order chi connectivity index (χ0) is 26.6. The highest BCUT2D eigenvalue weighted by atomic mass is 16.5. The molecule has 2 aromatic carbocycles. The molecule has 8 heteroatoms. The first-order chi connectivity index (χ1) is 18.4. The van der Waals surface area contributed by atoms with Gasteiger partial charge in [-0.05, 0) is 67.1 Å². The third-order valence-electron chi connectivity index (χ3n) is 7.61. The monoisotopic (exact) mass is 517 g/mol. The van der Waals surface area contributed by atoms with Crippen LogP contribution in [-0.4, -0.2) is 72.9 Å². The Labute approximate surface area is 223 Å². The molecule has 38 heavy (non-hydrogen) atoms. The number of hydrogen-bond acceptors (Lipinski definition) is 6. The topological polar surface area (TPSA) is 88.2 Å². The number of ether oxygens (including phenoxy) is 2. The fraction of sp³-hybridized carbons (Fsp3) is 0.433. The Hall–Kier alpha value is -3.49. The summed E-state index contributed by atoms with van der Waals surface area (Å²) in [6.07, 6.45) is 2.22. The van der Waals surface area contributed by atoms with Crippen molar-refractivity contribution >= 4 is 17.6 Å². The van der Waals surface area contributed by atoms with Gasteiger partial charge in [-0.15, -0.1) is 0 Å². The second-order valence-electron chi connectivity index (χ2n) is 10.3. The molecular formula is C30H35N3O5. The Morgan fingerprint density at radius 1 is 1.16 bits per heavy atom. The third-order valence-corrected chi connectivity index (χ3v) is 7.61. The maximum Gasteiger partial charge on any atom is 0.255 e. The van der Waals surface area contributed by atoms with E-state index in [1.807, 2.05) is 43.3 Å². The molecule has 8 nitrogen and oxygen atoms in total. The first kappa shape index (κ1) is 26.1. The zero-order valence-corrected chi connectivity index (χ0v) is 22.0. The number of fused-ring (bicyclic) bond motifs is 1. The molecule has 0 bridgehead atoms. The molecule has 2 fully saturated rings. The molecule has 2 amide bonds. The summed E-state index contributed by atoms with van der Waals surface area (Å²) in [6, 6.07) is 10.9. The van der Waals surface area contributed by atoms with Gasteiger partial charge in [0.1, 0.15) is 18.4 Å². The van der Waals surface area contributed by atoms with Crippen molar-refractivity contribution < 1.29 is 23.9 Å². The van der Waals surface area contributed by atoms with Gasteiger partial charge in [0.05, 0.1) is 13.2 Å². The maximum absolute atomic E-state index is 12.9. The van der Waals surface area contributed by atoms with Gasteiger partial charge in [-0.25, -0.2) is 0 Å². The van der Waals surface area contributed by atoms with Crippen LogP contribution in [0, 0.1) is 6.92 Å². The number of morpholine rings is 1. The van der Waals surface area contributed by atoms with Crippen molar-refractivity contribution in [3.05, 3.63) is 76.5 Å². The molecule has 2 aromatic rings. The number of ketones is 1. The molecule has 200 valence electrons. The summed E-state index contributed by atoms with van der Waals surface area (Å²) in [5.41, 5.74) is 4.87. The molecule has 3 heterocycles. The fourth-order valence-corrected chi connectivity index (χ4v) is 5.36. The number of aryl methyl sites for hydroxylation is 2. The minimum atomic E-state index is -0.472. The van der Waals surface area contributed by atoms with Crippen LogP contribution >= 0.6 is 0 Å². The second-order valence-corrected chi connectivity index (χ2v) is 10.3. The van der Waals surface area contributed by atoms with Crippen molar-refractivity contribution in [3.63, 3.8) is 0 Å². The van der Waals surface area contributed by atoms with Gasteiger partial charge in [-0.2, -0.15) is 0 Å². The number of amides is 2. The number of rotatable bonds is 9. The van der Waals surface area contributed by atoms with Crippen molar-refractivity contribution in [3.8, 4) is 5.75 Å². The summed E-state index contributed by atoms with van der Waals surface area (Å²) >= 11 is 0. The van der Waals surface area contributed by atoms with Gasteiger partial charge in [-0.3, -0.25) is 19.3 Å². The lowest BCUT2D eigenvalue weighted by Crippen LogP contribution is -2.49. The van der Waals surface area contributed by atoms with E-state index in [0.717, 1.165) is 55.3 Å². The predicted octanol–water partition coefficient (Wildman–Crippen LogP) is 3.27. The molecule has 3 aliphatic rings. The minimum Gasteiger partial charge on any atom is -0.492 e. The molecule has 0 aliphatic carbocycles. The van der Waals surface area contributed by atoms with Gasteiger partial charge in [0.15, 0.2) is 5.78 Å². The molecule has 0 aromatic heterocycles. The smallest absolute Gasteiger partial charge is 0.255 e. The number of piperidine rings is 1. The first-order valence-corrected chi connectivity index (χ1v) is 13.4. The largest absolute Gasteiger partial charge is 0.492 e. The number of carbonyl (C=O) groups is 3. The normalized spacial score (nSPS) is 19.9. The highest BCUT2D eigenvalue weighted by molar-refractivity contribution is 6.01. The van der Waals surface area contributed by atoms with Crippen LogP contribution in [0.2, 0.25) is 0 Å². The molecular weight excluding hydrogens is 482 g/mol. The lowest BCUT2D eigenvalue weighted by Gasteiger charge is -2.30. The average molecular weight is 518 g/mol. The summed E-state index contributed by atoms with van der Waals surface area (Å²) in [4.78, 5) is 42.3. The summed E-state index contributed by atoms with van der Waals surface area (Å²) in [5, 5.41) is 2.77. The van der Waals surface area contributed by atoms with Crippen molar-refractivity contribution in [2.75, 3.05) is 39.5 Å². The van der Waals surface area contributed by atoms with E-state index in [1.54, 1.807) is 4.90 Å². The number of nitrogens with one attached hydrogen (secondary N) is 1. The zero-order valence-electron chi connectivity index (χ0n) is 22.0. The van der Waals surface area contributed by atoms with E-state index in [0.29, 0.717) is 55.7 Å². The molecule has 0 saturated carbocycles. The van der Waals surface area contributed by atoms with E-state index in [2.05, 4.69) is 16.8 Å². The number of carbonyl (C=O) groups excluding carboxylic acids is 3. The van der Waals surface area contributed by atoms with E-state index in [-0.39, 0.29) is 17.6 Å². The third kappa shape index (κ3) is 5.81. The number of Topliss-reactive ketones (excluding diaryl/α,β-unsaturated/α-hetero) is 1. The van der Waals surface area contributed by atoms with Crippen LogP contribution in [0.5, 0.6) is 5.75 Å². The van der Waals surface area contributed by atoms with E-state index in [4.69, 9.17) is 9.47 Å². The summed E-state index contributed by atoms with van der Waals surface area (Å²) < 4.78 is 11.3. The summed E-state index contributed by atoms with van der Waals surface area (Å²) in [5.74, 6) is 0.596. The Balaban J connectivity index is 1.14. The molecule has 1 atom stereocenters. The second kappa shape index (κ2) is 11.5. The lowest BCUT2D eigenvalue weighted by molar-refractivity contribution is -0.126. The van der Waals surface area contributed by atoms with Gasteiger partial charge in [0.25, 0.3) is 5.91 Å². The highest BCUT2D eigenvalue weighted by Gasteiger charge is 2.38. The molecule has 0 spiro atoms. The standard InChI is InChI=1S/C30H35N3O5/c1-20-17-23(6-10-28(20)38-16-13-32-11-14-37-15-12-32)27(34)9-5-22-4-7-25-24(18-22)19-33(30(25)36)26-8-3-21(2)31-29(26)35/h4,6-7,10,17-18,26H,2-3,5,8-9,11-16,19H2,1H3,(H,31,35). The van der Waals surface area contributed by atoms with Crippen molar-refractivity contribution in [1.82, 2.24) is 15.1 Å². The van der Waals surface area contributed by atoms with Crippen LogP contribution in [0.3, 0.4) is 0 Å². The van der Waals surface area contributed by atoms with Crippen LogP contribution in [0.1, 0.15) is 56.7 Å². The van der Waals surface area contributed by atoms with Crippen LogP contribution in [0.25, 0.3) is 0 Å². The Morgan fingerprint density at radius 3 is 2.74 bits per heavy atom. The van der Waals surface area contributed by atoms with E-state index in [9.17, 15) is 14.4 Å². The van der Waals surface area contributed by atoms with E-state index >= 15 is 0 Å². The number of allylic oxidation sites excluding steroid dienone is 1. The van der Waals surface area contributed by atoms with Gasteiger partial charge >= 0.3 is 0 Å². The van der Waals surface area contributed by atoms with E-state index in [1.165, 1.54) is 0 Å². The number of nitrogens with zero attached hydrogens (tertiary/aromatic N) is 2. The van der Waals surface area contributed by atoms with Crippen molar-refractivity contribution in [2.24, 2.45) is 0 Å². The number of hydrogen-bond donors (Lipinski definition) is 1. The average Bonchev–Trinajstić information content (AvgIpc) is 3.24. The minimum absolute atomic E-state index is 0.0743. The molecule has 5 rings (SSSR count). The Kier molecular flexibility index (Phi) is 7.90. The molecule has 0 radical (unpaired) electrons. The predicted molar refractivity (Wildman–Crippen MR) is 143 cm³/mol. The summed E-state index contributed by atoms with van der Waals surface area (Å²) in [6.45, 7) is 11.1. The SMILES string of the molecule is C=C1CCC(N2Cc3cc(CCC(=O)c4ccc(OCCN5CCOCC5)c(C)c4)ccc3C2=O)C(=O)N1. The van der Waals surface area contributed by atoms with E-state index < -0.39 is 6.04 Å². The quantitative estimate of drug-likeness (QED) is 0.514. The van der Waals surface area contributed by atoms with Crippen LogP contribution in [-0.2, 0) is 22.5 Å². The summed E-state index contributed by atoms with van der Waals surface area (Å²) in [7, 11) is 0.